The number of nitrogens with zero attached hydrogens (tertiary/aromatic N) is 5. The van der Waals surface area contributed by atoms with E-state index in [-0.39, 0.29) is 24.2 Å². The number of fused-ring (bicyclic) bond motifs is 1. The van der Waals surface area contributed by atoms with E-state index >= 15 is 4.39 Å². The van der Waals surface area contributed by atoms with Gasteiger partial charge in [0, 0.05) is 12.3 Å². The van der Waals surface area contributed by atoms with E-state index in [1.807, 2.05) is 0 Å². The largest absolute Gasteiger partial charge is 0.420 e. The van der Waals surface area contributed by atoms with Crippen LogP contribution in [0.5, 0.6) is 0 Å². The SMILES string of the molecule is O=c1oc2cc(C3CCN(C4COC4)CC3)c(F)cc2n1Cc1ccc(-c2nnc(C(F)F)o2)cn1. The summed E-state index contributed by atoms with van der Waals surface area (Å²) in [6.07, 6.45) is 0.181. The number of alkyl halides is 2. The Morgan fingerprint density at radius 2 is 1.89 bits per heavy atom. The van der Waals surface area contributed by atoms with Crippen molar-refractivity contribution in [1.82, 2.24) is 24.6 Å². The number of aromatic nitrogens is 4. The maximum Gasteiger partial charge on any atom is 0.420 e. The Bertz CT molecular complexity index is 1440. The molecule has 9 nitrogen and oxygen atoms in total. The third kappa shape index (κ3) is 4.20. The summed E-state index contributed by atoms with van der Waals surface area (Å²) in [4.78, 5) is 19.2. The number of halogens is 3. The van der Waals surface area contributed by atoms with E-state index in [1.54, 1.807) is 18.2 Å². The van der Waals surface area contributed by atoms with Gasteiger partial charge in [0.05, 0.1) is 42.6 Å². The molecule has 2 saturated heterocycles. The molecule has 36 heavy (non-hydrogen) atoms. The highest BCUT2D eigenvalue weighted by atomic mass is 19.3. The van der Waals surface area contributed by atoms with Gasteiger partial charge in [0.15, 0.2) is 5.58 Å². The third-order valence-electron chi connectivity index (χ3n) is 6.91. The second-order valence-electron chi connectivity index (χ2n) is 9.08. The van der Waals surface area contributed by atoms with Crippen LogP contribution in [-0.2, 0) is 11.3 Å². The average Bonchev–Trinajstić information content (AvgIpc) is 3.44. The van der Waals surface area contributed by atoms with Crippen molar-refractivity contribution in [1.29, 1.82) is 0 Å². The highest BCUT2D eigenvalue weighted by molar-refractivity contribution is 5.74. The fraction of sp³-hybridized carbons (Fsp3) is 0.417. The van der Waals surface area contributed by atoms with Crippen molar-refractivity contribution in [2.75, 3.05) is 26.3 Å². The summed E-state index contributed by atoms with van der Waals surface area (Å²) >= 11 is 0. The van der Waals surface area contributed by atoms with E-state index in [2.05, 4.69) is 20.1 Å². The molecule has 4 aromatic rings. The number of hydrogen-bond acceptors (Lipinski definition) is 8. The molecule has 12 heteroatoms. The van der Waals surface area contributed by atoms with Crippen LogP contribution < -0.4 is 5.76 Å². The summed E-state index contributed by atoms with van der Waals surface area (Å²) < 4.78 is 57.5. The lowest BCUT2D eigenvalue weighted by Gasteiger charge is -2.41. The summed E-state index contributed by atoms with van der Waals surface area (Å²) in [7, 11) is 0. The van der Waals surface area contributed by atoms with Gasteiger partial charge in [-0.3, -0.25) is 14.5 Å². The summed E-state index contributed by atoms with van der Waals surface area (Å²) in [5.74, 6) is -1.78. The van der Waals surface area contributed by atoms with Crippen LogP contribution >= 0.6 is 0 Å². The highest BCUT2D eigenvalue weighted by Crippen LogP contribution is 2.33. The summed E-state index contributed by atoms with van der Waals surface area (Å²) in [5.41, 5.74) is 2.07. The van der Waals surface area contributed by atoms with Crippen LogP contribution in [0.25, 0.3) is 22.6 Å². The van der Waals surface area contributed by atoms with Gasteiger partial charge < -0.3 is 13.6 Å². The lowest BCUT2D eigenvalue weighted by atomic mass is 9.88. The van der Waals surface area contributed by atoms with Crippen LogP contribution in [0, 0.1) is 5.82 Å². The lowest BCUT2D eigenvalue weighted by Crippen LogP contribution is -2.51. The second kappa shape index (κ2) is 9.17. The molecule has 0 amide bonds. The minimum atomic E-state index is -2.86. The zero-order valence-corrected chi connectivity index (χ0v) is 19.1. The molecule has 0 spiro atoms. The predicted octanol–water partition coefficient (Wildman–Crippen LogP) is 3.74. The fourth-order valence-electron chi connectivity index (χ4n) is 4.82. The zero-order valence-electron chi connectivity index (χ0n) is 19.1. The van der Waals surface area contributed by atoms with Gasteiger partial charge in [0.1, 0.15) is 5.82 Å². The van der Waals surface area contributed by atoms with Crippen molar-refractivity contribution in [2.24, 2.45) is 0 Å². The van der Waals surface area contributed by atoms with E-state index in [4.69, 9.17) is 13.6 Å². The second-order valence-corrected chi connectivity index (χ2v) is 9.08. The van der Waals surface area contributed by atoms with E-state index in [0.717, 1.165) is 39.1 Å². The molecular formula is C24H22F3N5O4. The van der Waals surface area contributed by atoms with Gasteiger partial charge in [-0.1, -0.05) is 0 Å². The Balaban J connectivity index is 1.20. The average molecular weight is 501 g/mol. The molecule has 5 heterocycles. The van der Waals surface area contributed by atoms with Crippen LogP contribution in [0.3, 0.4) is 0 Å². The number of rotatable bonds is 6. The van der Waals surface area contributed by atoms with Crippen molar-refractivity contribution in [3.63, 3.8) is 0 Å². The number of oxazole rings is 1. The van der Waals surface area contributed by atoms with Crippen molar-refractivity contribution in [2.45, 2.75) is 37.8 Å². The number of likely N-dealkylation sites (tertiary alicyclic amines) is 1. The molecule has 0 atom stereocenters. The minimum absolute atomic E-state index is 0.0405. The summed E-state index contributed by atoms with van der Waals surface area (Å²) in [6, 6.07) is 6.62. The number of pyridine rings is 1. The van der Waals surface area contributed by atoms with E-state index < -0.39 is 18.1 Å². The number of benzene rings is 1. The Kier molecular flexibility index (Phi) is 5.84. The molecule has 0 bridgehead atoms. The number of piperidine rings is 1. The fourth-order valence-corrected chi connectivity index (χ4v) is 4.82. The molecule has 0 radical (unpaired) electrons. The highest BCUT2D eigenvalue weighted by Gasteiger charge is 2.31. The smallest absolute Gasteiger partial charge is 0.415 e. The Morgan fingerprint density at radius 1 is 1.08 bits per heavy atom. The van der Waals surface area contributed by atoms with Crippen molar-refractivity contribution >= 4 is 11.1 Å². The van der Waals surface area contributed by atoms with Gasteiger partial charge in [0.25, 0.3) is 5.89 Å². The van der Waals surface area contributed by atoms with E-state index in [1.165, 1.54) is 16.8 Å². The first-order chi connectivity index (χ1) is 17.5. The quantitative estimate of drug-likeness (QED) is 0.394. The topological polar surface area (TPSA) is 99.4 Å². The molecule has 0 aliphatic carbocycles. The molecule has 0 unspecified atom stereocenters. The molecule has 0 N–H and O–H groups in total. The van der Waals surface area contributed by atoms with Gasteiger partial charge in [0.2, 0.25) is 5.89 Å². The Hall–Kier alpha value is -3.51. The molecule has 2 aliphatic heterocycles. The molecule has 6 rings (SSSR count). The van der Waals surface area contributed by atoms with Crippen molar-refractivity contribution in [3.05, 3.63) is 64.0 Å². The normalized spacial score (nSPS) is 17.8. The van der Waals surface area contributed by atoms with E-state index in [9.17, 15) is 13.6 Å². The van der Waals surface area contributed by atoms with Crippen molar-refractivity contribution < 1.29 is 26.7 Å². The van der Waals surface area contributed by atoms with Crippen molar-refractivity contribution in [3.8, 4) is 11.5 Å². The number of ether oxygens (including phenoxy) is 1. The van der Waals surface area contributed by atoms with Gasteiger partial charge >= 0.3 is 12.2 Å². The third-order valence-corrected chi connectivity index (χ3v) is 6.91. The van der Waals surface area contributed by atoms with E-state index in [0.29, 0.717) is 34.0 Å². The van der Waals surface area contributed by atoms with Crippen LogP contribution in [-0.4, -0.2) is 57.0 Å². The molecule has 2 fully saturated rings. The van der Waals surface area contributed by atoms with Crippen LogP contribution in [0.1, 0.15) is 42.3 Å². The van der Waals surface area contributed by atoms with Crippen LogP contribution in [0.2, 0.25) is 0 Å². The molecule has 3 aromatic heterocycles. The maximum absolute atomic E-state index is 15.2. The standard InChI is InChI=1S/C24H22F3N5O4/c25-18-8-19-20(7-17(18)13-3-5-31(6-4-13)16-11-34-12-16)35-24(33)32(19)10-15-2-1-14(9-28-15)22-29-30-23(36-22)21(26)27/h1-2,7-9,13,16,21H,3-6,10-12H2. The molecule has 1 aromatic carbocycles. The van der Waals surface area contributed by atoms with Gasteiger partial charge in [-0.15, -0.1) is 10.2 Å². The molecule has 188 valence electrons. The Morgan fingerprint density at radius 3 is 2.53 bits per heavy atom. The molecule has 2 aliphatic rings. The first-order valence-electron chi connectivity index (χ1n) is 11.7. The van der Waals surface area contributed by atoms with Crippen LogP contribution in [0.15, 0.2) is 44.1 Å². The molecular weight excluding hydrogens is 479 g/mol. The molecule has 0 saturated carbocycles. The first-order valence-corrected chi connectivity index (χ1v) is 11.7. The van der Waals surface area contributed by atoms with Gasteiger partial charge in [-0.25, -0.2) is 9.18 Å². The van der Waals surface area contributed by atoms with Crippen LogP contribution in [0.4, 0.5) is 13.2 Å². The lowest BCUT2D eigenvalue weighted by molar-refractivity contribution is -0.0713. The van der Waals surface area contributed by atoms with Gasteiger partial charge in [-0.05, 0) is 55.6 Å². The summed E-state index contributed by atoms with van der Waals surface area (Å²) in [6.45, 7) is 3.33. The predicted molar refractivity (Wildman–Crippen MR) is 120 cm³/mol. The Labute approximate surface area is 202 Å². The zero-order chi connectivity index (χ0) is 24.8. The number of hydrogen-bond donors (Lipinski definition) is 0. The first kappa shape index (κ1) is 22.9. The van der Waals surface area contributed by atoms with Gasteiger partial charge in [-0.2, -0.15) is 8.78 Å². The maximum atomic E-state index is 15.2. The monoisotopic (exact) mass is 501 g/mol. The minimum Gasteiger partial charge on any atom is -0.415 e. The summed E-state index contributed by atoms with van der Waals surface area (Å²) in [5, 5.41) is 6.88.